The van der Waals surface area contributed by atoms with Crippen molar-refractivity contribution in [1.82, 2.24) is 5.32 Å². The van der Waals surface area contributed by atoms with Gasteiger partial charge in [-0.2, -0.15) is 0 Å². The molecule has 2 aromatic rings. The third-order valence-corrected chi connectivity index (χ3v) is 3.71. The Morgan fingerprint density at radius 3 is 2.55 bits per heavy atom. The average molecular weight is 334 g/mol. The highest BCUT2D eigenvalue weighted by atomic mass is 79.9. The zero-order valence-electron chi connectivity index (χ0n) is 12.1. The molecule has 1 atom stereocenters. The maximum Gasteiger partial charge on any atom is 0.127 e. The number of rotatable bonds is 5. The van der Waals surface area contributed by atoms with E-state index in [0.29, 0.717) is 0 Å². The molecule has 20 heavy (non-hydrogen) atoms. The van der Waals surface area contributed by atoms with Gasteiger partial charge in [-0.15, -0.1) is 0 Å². The van der Waals surface area contributed by atoms with Crippen molar-refractivity contribution in [2.45, 2.75) is 26.5 Å². The van der Waals surface area contributed by atoms with Crippen LogP contribution in [0.3, 0.4) is 0 Å². The summed E-state index contributed by atoms with van der Waals surface area (Å²) in [6.45, 7) is 4.95. The molecule has 3 heteroatoms. The van der Waals surface area contributed by atoms with Crippen LogP contribution in [-0.2, 0) is 6.54 Å². The molecule has 1 N–H and O–H groups in total. The van der Waals surface area contributed by atoms with Gasteiger partial charge in [0.1, 0.15) is 11.9 Å². The van der Waals surface area contributed by atoms with Crippen molar-refractivity contribution in [3.05, 3.63) is 63.6 Å². The zero-order chi connectivity index (χ0) is 14.5. The first-order valence-corrected chi connectivity index (χ1v) is 7.56. The quantitative estimate of drug-likeness (QED) is 0.862. The van der Waals surface area contributed by atoms with E-state index in [2.05, 4.69) is 59.4 Å². The minimum absolute atomic E-state index is 0.0340. The van der Waals surface area contributed by atoms with Crippen LogP contribution in [-0.4, -0.2) is 7.05 Å². The summed E-state index contributed by atoms with van der Waals surface area (Å²) in [7, 11) is 1.95. The molecule has 0 amide bonds. The number of halogens is 1. The van der Waals surface area contributed by atoms with Crippen molar-refractivity contribution in [1.29, 1.82) is 0 Å². The summed E-state index contributed by atoms with van der Waals surface area (Å²) in [4.78, 5) is 0. The van der Waals surface area contributed by atoms with Gasteiger partial charge < -0.3 is 10.1 Å². The molecule has 0 heterocycles. The molecular formula is C17H20BrNO. The molecule has 2 nitrogen and oxygen atoms in total. The molecule has 2 rings (SSSR count). The number of hydrogen-bond donors (Lipinski definition) is 1. The smallest absolute Gasteiger partial charge is 0.127 e. The summed E-state index contributed by atoms with van der Waals surface area (Å²) in [5.74, 6) is 0.971. The highest BCUT2D eigenvalue weighted by Gasteiger charge is 2.13. The molecule has 106 valence electrons. The number of ether oxygens (including phenoxy) is 1. The fourth-order valence-corrected chi connectivity index (χ4v) is 2.88. The zero-order valence-corrected chi connectivity index (χ0v) is 13.7. The number of hydrogen-bond acceptors (Lipinski definition) is 2. The molecule has 0 aliphatic heterocycles. The highest BCUT2D eigenvalue weighted by Crippen LogP contribution is 2.31. The van der Waals surface area contributed by atoms with Crippen LogP contribution in [0.1, 0.15) is 29.7 Å². The van der Waals surface area contributed by atoms with Crippen LogP contribution in [0.15, 0.2) is 46.9 Å². The van der Waals surface area contributed by atoms with Crippen LogP contribution in [0.2, 0.25) is 0 Å². The molecule has 0 aliphatic carbocycles. The Kier molecular flexibility index (Phi) is 5.21. The first-order valence-electron chi connectivity index (χ1n) is 6.77. The van der Waals surface area contributed by atoms with Crippen LogP contribution in [0.4, 0.5) is 0 Å². The van der Waals surface area contributed by atoms with Crippen LogP contribution >= 0.6 is 15.9 Å². The van der Waals surface area contributed by atoms with Crippen LogP contribution in [0, 0.1) is 6.92 Å². The van der Waals surface area contributed by atoms with Crippen LogP contribution < -0.4 is 10.1 Å². The summed E-state index contributed by atoms with van der Waals surface area (Å²) >= 11 is 3.54. The molecule has 0 aliphatic rings. The van der Waals surface area contributed by atoms with Crippen molar-refractivity contribution in [2.75, 3.05) is 7.05 Å². The Morgan fingerprint density at radius 2 is 1.90 bits per heavy atom. The summed E-state index contributed by atoms with van der Waals surface area (Å²) in [6, 6.07) is 14.5. The van der Waals surface area contributed by atoms with Crippen molar-refractivity contribution >= 4 is 15.9 Å². The molecule has 0 spiro atoms. The van der Waals surface area contributed by atoms with Gasteiger partial charge in [0.25, 0.3) is 0 Å². The van der Waals surface area contributed by atoms with E-state index in [4.69, 9.17) is 4.74 Å². The Labute approximate surface area is 129 Å². The lowest BCUT2D eigenvalue weighted by atomic mass is 10.1. The topological polar surface area (TPSA) is 21.3 Å². The predicted molar refractivity (Wildman–Crippen MR) is 87.1 cm³/mol. The lowest BCUT2D eigenvalue weighted by molar-refractivity contribution is 0.222. The molecule has 0 saturated carbocycles. The van der Waals surface area contributed by atoms with Gasteiger partial charge >= 0.3 is 0 Å². The SMILES string of the molecule is CNCc1cc(Br)cc(C)c1OC(C)c1ccccc1. The number of aryl methyl sites for hydroxylation is 1. The largest absolute Gasteiger partial charge is 0.485 e. The normalized spacial score (nSPS) is 12.2. The third-order valence-electron chi connectivity index (χ3n) is 3.25. The monoisotopic (exact) mass is 333 g/mol. The van der Waals surface area contributed by atoms with E-state index in [1.165, 1.54) is 11.1 Å². The van der Waals surface area contributed by atoms with Crippen LogP contribution in [0.5, 0.6) is 5.75 Å². The molecular weight excluding hydrogens is 314 g/mol. The van der Waals surface area contributed by atoms with E-state index in [1.54, 1.807) is 0 Å². The molecule has 1 unspecified atom stereocenters. The van der Waals surface area contributed by atoms with Crippen molar-refractivity contribution in [3.8, 4) is 5.75 Å². The molecule has 0 saturated heterocycles. The molecule has 2 aromatic carbocycles. The Hall–Kier alpha value is -1.32. The lowest BCUT2D eigenvalue weighted by Crippen LogP contribution is -2.11. The van der Waals surface area contributed by atoms with Gasteiger partial charge in [0.15, 0.2) is 0 Å². The fraction of sp³-hybridized carbons (Fsp3) is 0.294. The minimum Gasteiger partial charge on any atom is -0.485 e. The first-order chi connectivity index (χ1) is 9.61. The van der Waals surface area contributed by atoms with Crippen molar-refractivity contribution < 1.29 is 4.74 Å². The Bertz CT molecular complexity index is 569. The second-order valence-electron chi connectivity index (χ2n) is 4.91. The van der Waals surface area contributed by atoms with Crippen molar-refractivity contribution in [2.24, 2.45) is 0 Å². The average Bonchev–Trinajstić information content (AvgIpc) is 2.43. The van der Waals surface area contributed by atoms with Gasteiger partial charge in [0.05, 0.1) is 0 Å². The Balaban J connectivity index is 2.28. The third kappa shape index (κ3) is 3.62. The first kappa shape index (κ1) is 15.1. The van der Waals surface area contributed by atoms with E-state index in [9.17, 15) is 0 Å². The lowest BCUT2D eigenvalue weighted by Gasteiger charge is -2.20. The van der Waals surface area contributed by atoms with Gasteiger partial charge in [-0.3, -0.25) is 0 Å². The van der Waals surface area contributed by atoms with Crippen molar-refractivity contribution in [3.63, 3.8) is 0 Å². The predicted octanol–water partition coefficient (Wildman–Crippen LogP) is 4.62. The molecule has 0 aromatic heterocycles. The Morgan fingerprint density at radius 1 is 1.20 bits per heavy atom. The van der Waals surface area contributed by atoms with Crippen LogP contribution in [0.25, 0.3) is 0 Å². The molecule has 0 fully saturated rings. The minimum atomic E-state index is 0.0340. The summed E-state index contributed by atoms with van der Waals surface area (Å²) in [5, 5.41) is 3.19. The highest BCUT2D eigenvalue weighted by molar-refractivity contribution is 9.10. The maximum absolute atomic E-state index is 6.21. The molecule has 0 radical (unpaired) electrons. The number of benzene rings is 2. The summed E-state index contributed by atoms with van der Waals surface area (Å²) < 4.78 is 7.29. The summed E-state index contributed by atoms with van der Waals surface area (Å²) in [5.41, 5.74) is 3.50. The standard InChI is InChI=1S/C17H20BrNO/c1-12-9-16(18)10-15(11-19-3)17(12)20-13(2)14-7-5-4-6-8-14/h4-10,13,19H,11H2,1-3H3. The van der Waals surface area contributed by atoms with E-state index in [-0.39, 0.29) is 6.10 Å². The van der Waals surface area contributed by atoms with E-state index < -0.39 is 0 Å². The second-order valence-corrected chi connectivity index (χ2v) is 5.83. The van der Waals surface area contributed by atoms with E-state index in [1.807, 2.05) is 25.2 Å². The maximum atomic E-state index is 6.21. The fourth-order valence-electron chi connectivity index (χ4n) is 2.26. The van der Waals surface area contributed by atoms with Gasteiger partial charge in [0, 0.05) is 16.6 Å². The van der Waals surface area contributed by atoms with Gasteiger partial charge in [-0.25, -0.2) is 0 Å². The van der Waals surface area contributed by atoms with E-state index in [0.717, 1.165) is 22.3 Å². The van der Waals surface area contributed by atoms with Gasteiger partial charge in [-0.05, 0) is 44.2 Å². The van der Waals surface area contributed by atoms with Gasteiger partial charge in [0.2, 0.25) is 0 Å². The second kappa shape index (κ2) is 6.91. The van der Waals surface area contributed by atoms with Gasteiger partial charge in [-0.1, -0.05) is 46.3 Å². The molecule has 0 bridgehead atoms. The number of nitrogens with one attached hydrogen (secondary N) is 1. The summed E-state index contributed by atoms with van der Waals surface area (Å²) in [6.07, 6.45) is 0.0340. The van der Waals surface area contributed by atoms with E-state index >= 15 is 0 Å².